The fraction of sp³-hybridized carbons (Fsp3) is 0.286. The third kappa shape index (κ3) is 6.61. The first-order valence-electron chi connectivity index (χ1n) is 11.9. The summed E-state index contributed by atoms with van der Waals surface area (Å²) in [5, 5.41) is 6.03. The van der Waals surface area contributed by atoms with Gasteiger partial charge in [-0.05, 0) is 54.8 Å². The summed E-state index contributed by atoms with van der Waals surface area (Å²) in [5.74, 6) is 0.577. The van der Waals surface area contributed by atoms with Crippen LogP contribution in [0, 0.1) is 0 Å². The number of likely N-dealkylation sites (tertiary alicyclic amines) is 1. The number of rotatable bonds is 8. The van der Waals surface area contributed by atoms with Crippen molar-refractivity contribution in [2.45, 2.75) is 32.3 Å². The summed E-state index contributed by atoms with van der Waals surface area (Å²) < 4.78 is 5.94. The van der Waals surface area contributed by atoms with E-state index in [4.69, 9.17) is 4.74 Å². The van der Waals surface area contributed by atoms with Crippen molar-refractivity contribution >= 4 is 23.2 Å². The third-order valence-corrected chi connectivity index (χ3v) is 5.87. The highest BCUT2D eigenvalue weighted by Gasteiger charge is 2.17. The van der Waals surface area contributed by atoms with E-state index in [9.17, 15) is 9.59 Å². The minimum absolute atomic E-state index is 0.0635. The number of hydrogen-bond donors (Lipinski definition) is 2. The van der Waals surface area contributed by atoms with Crippen LogP contribution >= 0.6 is 0 Å². The smallest absolute Gasteiger partial charge is 0.253 e. The summed E-state index contributed by atoms with van der Waals surface area (Å²) in [5.41, 5.74) is 3.15. The molecule has 4 rings (SSSR count). The van der Waals surface area contributed by atoms with E-state index >= 15 is 0 Å². The Morgan fingerprint density at radius 3 is 2.21 bits per heavy atom. The van der Waals surface area contributed by atoms with Crippen molar-refractivity contribution < 1.29 is 14.3 Å². The van der Waals surface area contributed by atoms with E-state index in [0.29, 0.717) is 23.6 Å². The summed E-state index contributed by atoms with van der Waals surface area (Å²) in [4.78, 5) is 27.2. The summed E-state index contributed by atoms with van der Waals surface area (Å²) in [6.07, 6.45) is 4.50. The molecule has 0 atom stereocenters. The van der Waals surface area contributed by atoms with Gasteiger partial charge in [-0.3, -0.25) is 9.59 Å². The van der Waals surface area contributed by atoms with Gasteiger partial charge in [0, 0.05) is 24.3 Å². The van der Waals surface area contributed by atoms with Gasteiger partial charge in [0.2, 0.25) is 5.91 Å². The van der Waals surface area contributed by atoms with E-state index < -0.39 is 0 Å². The Hall–Kier alpha value is -3.80. The van der Waals surface area contributed by atoms with E-state index in [1.54, 1.807) is 24.3 Å². The van der Waals surface area contributed by atoms with Crippen molar-refractivity contribution in [3.63, 3.8) is 0 Å². The molecule has 1 aliphatic heterocycles. The SMILES string of the molecule is O=C(CNc1ccccc1OCc1ccccc1)Nc1ccc(C(=O)N2CCCCCC2)cc1. The molecule has 0 unspecified atom stereocenters. The quantitative estimate of drug-likeness (QED) is 0.480. The van der Waals surface area contributed by atoms with Gasteiger partial charge < -0.3 is 20.3 Å². The van der Waals surface area contributed by atoms with Crippen LogP contribution in [0.5, 0.6) is 5.75 Å². The molecule has 0 spiro atoms. The lowest BCUT2D eigenvalue weighted by Gasteiger charge is -2.20. The van der Waals surface area contributed by atoms with Gasteiger partial charge in [0.05, 0.1) is 12.2 Å². The van der Waals surface area contributed by atoms with E-state index in [1.807, 2.05) is 59.5 Å². The summed E-state index contributed by atoms with van der Waals surface area (Å²) in [7, 11) is 0. The lowest BCUT2D eigenvalue weighted by molar-refractivity contribution is -0.114. The number of anilines is 2. The average molecular weight is 458 g/mol. The lowest BCUT2D eigenvalue weighted by Crippen LogP contribution is -2.31. The predicted molar refractivity (Wildman–Crippen MR) is 135 cm³/mol. The van der Waals surface area contributed by atoms with Crippen molar-refractivity contribution in [2.24, 2.45) is 0 Å². The molecule has 0 aliphatic carbocycles. The molecule has 2 amide bonds. The highest BCUT2D eigenvalue weighted by Crippen LogP contribution is 2.24. The van der Waals surface area contributed by atoms with E-state index in [0.717, 1.165) is 37.2 Å². The highest BCUT2D eigenvalue weighted by atomic mass is 16.5. The van der Waals surface area contributed by atoms with Gasteiger partial charge in [0.1, 0.15) is 12.4 Å². The van der Waals surface area contributed by atoms with Crippen LogP contribution in [0.4, 0.5) is 11.4 Å². The zero-order valence-electron chi connectivity index (χ0n) is 19.3. The number of nitrogens with one attached hydrogen (secondary N) is 2. The third-order valence-electron chi connectivity index (χ3n) is 5.87. The second-order valence-electron chi connectivity index (χ2n) is 8.46. The Labute approximate surface area is 200 Å². The second-order valence-corrected chi connectivity index (χ2v) is 8.46. The van der Waals surface area contributed by atoms with Gasteiger partial charge in [-0.15, -0.1) is 0 Å². The predicted octanol–water partition coefficient (Wildman–Crippen LogP) is 5.33. The van der Waals surface area contributed by atoms with Gasteiger partial charge in [-0.2, -0.15) is 0 Å². The minimum atomic E-state index is -0.176. The zero-order valence-corrected chi connectivity index (χ0v) is 19.3. The van der Waals surface area contributed by atoms with Crippen molar-refractivity contribution in [3.05, 3.63) is 90.0 Å². The van der Waals surface area contributed by atoms with Gasteiger partial charge >= 0.3 is 0 Å². The van der Waals surface area contributed by atoms with Crippen LogP contribution in [-0.2, 0) is 11.4 Å². The first-order chi connectivity index (χ1) is 16.7. The molecule has 1 heterocycles. The van der Waals surface area contributed by atoms with Crippen LogP contribution in [0.1, 0.15) is 41.6 Å². The molecule has 0 aromatic heterocycles. The molecule has 1 saturated heterocycles. The number of amides is 2. The maximum atomic E-state index is 12.7. The fourth-order valence-electron chi connectivity index (χ4n) is 4.01. The topological polar surface area (TPSA) is 70.7 Å². The van der Waals surface area contributed by atoms with Gasteiger partial charge in [-0.25, -0.2) is 0 Å². The van der Waals surface area contributed by atoms with Gasteiger partial charge in [0.25, 0.3) is 5.91 Å². The van der Waals surface area contributed by atoms with E-state index in [1.165, 1.54) is 12.8 Å². The van der Waals surface area contributed by atoms with Crippen LogP contribution in [0.15, 0.2) is 78.9 Å². The minimum Gasteiger partial charge on any atom is -0.487 e. The number of hydrogen-bond acceptors (Lipinski definition) is 4. The molecule has 0 saturated carbocycles. The number of ether oxygens (including phenoxy) is 1. The number of carbonyl (C=O) groups is 2. The molecule has 3 aromatic rings. The maximum absolute atomic E-state index is 12.7. The Balaban J connectivity index is 1.28. The Kier molecular flexibility index (Phi) is 8.17. The summed E-state index contributed by atoms with van der Waals surface area (Å²) in [6.45, 7) is 2.19. The standard InChI is InChI=1S/C28H31N3O3/c32-27(20-29-25-12-6-7-13-26(25)34-21-22-10-4-3-5-11-22)30-24-16-14-23(15-17-24)28(33)31-18-8-1-2-9-19-31/h3-7,10-17,29H,1-2,8-9,18-21H2,(H,30,32). The van der Waals surface area contributed by atoms with Crippen LogP contribution < -0.4 is 15.4 Å². The molecule has 3 aromatic carbocycles. The first-order valence-corrected chi connectivity index (χ1v) is 11.9. The van der Waals surface area contributed by atoms with Crippen molar-refractivity contribution in [2.75, 3.05) is 30.3 Å². The van der Waals surface area contributed by atoms with E-state index in [2.05, 4.69) is 10.6 Å². The average Bonchev–Trinajstić information content (AvgIpc) is 3.17. The van der Waals surface area contributed by atoms with Crippen molar-refractivity contribution in [1.29, 1.82) is 0 Å². The first kappa shape index (κ1) is 23.4. The van der Waals surface area contributed by atoms with Crippen LogP contribution in [-0.4, -0.2) is 36.3 Å². The molecule has 1 aliphatic rings. The highest BCUT2D eigenvalue weighted by molar-refractivity contribution is 5.96. The number of para-hydroxylation sites is 2. The second kappa shape index (κ2) is 11.9. The molecule has 176 valence electrons. The molecule has 34 heavy (non-hydrogen) atoms. The molecular formula is C28H31N3O3. The Morgan fingerprint density at radius 2 is 1.47 bits per heavy atom. The largest absolute Gasteiger partial charge is 0.487 e. The zero-order chi connectivity index (χ0) is 23.6. The number of carbonyl (C=O) groups excluding carboxylic acids is 2. The molecule has 6 nitrogen and oxygen atoms in total. The summed E-state index contributed by atoms with van der Waals surface area (Å²) in [6, 6.07) is 24.6. The molecule has 0 bridgehead atoms. The fourth-order valence-corrected chi connectivity index (χ4v) is 4.01. The van der Waals surface area contributed by atoms with Crippen molar-refractivity contribution in [1.82, 2.24) is 4.90 Å². The molecule has 1 fully saturated rings. The molecule has 6 heteroatoms. The number of nitrogens with zero attached hydrogens (tertiary/aromatic N) is 1. The molecular weight excluding hydrogens is 426 g/mol. The van der Waals surface area contributed by atoms with Gasteiger partial charge in [-0.1, -0.05) is 55.3 Å². The molecule has 2 N–H and O–H groups in total. The molecule has 0 radical (unpaired) electrons. The summed E-state index contributed by atoms with van der Waals surface area (Å²) >= 11 is 0. The van der Waals surface area contributed by atoms with E-state index in [-0.39, 0.29) is 18.4 Å². The Morgan fingerprint density at radius 1 is 0.794 bits per heavy atom. The van der Waals surface area contributed by atoms with Crippen LogP contribution in [0.25, 0.3) is 0 Å². The maximum Gasteiger partial charge on any atom is 0.253 e. The lowest BCUT2D eigenvalue weighted by atomic mass is 10.1. The Bertz CT molecular complexity index is 1080. The monoisotopic (exact) mass is 457 g/mol. The van der Waals surface area contributed by atoms with Crippen molar-refractivity contribution in [3.8, 4) is 5.75 Å². The van der Waals surface area contributed by atoms with Gasteiger partial charge in [0.15, 0.2) is 0 Å². The number of benzene rings is 3. The van der Waals surface area contributed by atoms with Crippen LogP contribution in [0.2, 0.25) is 0 Å². The normalized spacial score (nSPS) is 13.6. The van der Waals surface area contributed by atoms with Crippen LogP contribution in [0.3, 0.4) is 0 Å².